The molecule has 2 aromatic rings. The van der Waals surface area contributed by atoms with Gasteiger partial charge in [-0.2, -0.15) is 4.99 Å². The van der Waals surface area contributed by atoms with E-state index in [-0.39, 0.29) is 5.41 Å². The summed E-state index contributed by atoms with van der Waals surface area (Å²) in [7, 11) is 1.51. The normalized spacial score (nSPS) is 17.1. The summed E-state index contributed by atoms with van der Waals surface area (Å²) in [5.41, 5.74) is -0.483. The van der Waals surface area contributed by atoms with Gasteiger partial charge in [0, 0.05) is 16.1 Å². The number of carbonyl (C=O) groups excluding carboxylic acids is 1. The average molecular weight is 423 g/mol. The number of thiazole rings is 1. The molecular formula is C21H27ClN2O3S. The Kier molecular flexibility index (Phi) is 6.03. The maximum absolute atomic E-state index is 12.9. The monoisotopic (exact) mass is 422 g/mol. The van der Waals surface area contributed by atoms with Crippen LogP contribution in [0.25, 0.3) is 0 Å². The van der Waals surface area contributed by atoms with Crippen molar-refractivity contribution in [3.05, 3.63) is 44.7 Å². The molecule has 152 valence electrons. The highest BCUT2D eigenvalue weighted by Gasteiger charge is 2.32. The first-order valence-corrected chi connectivity index (χ1v) is 10.7. The van der Waals surface area contributed by atoms with Crippen LogP contribution in [0.5, 0.6) is 5.75 Å². The van der Waals surface area contributed by atoms with E-state index in [9.17, 15) is 9.90 Å². The highest BCUT2D eigenvalue weighted by Crippen LogP contribution is 2.32. The minimum atomic E-state index is -0.734. The summed E-state index contributed by atoms with van der Waals surface area (Å²) < 4.78 is 7.21. The molecule has 1 fully saturated rings. The van der Waals surface area contributed by atoms with Crippen molar-refractivity contribution in [1.29, 1.82) is 0 Å². The van der Waals surface area contributed by atoms with Crippen LogP contribution in [0.15, 0.2) is 29.4 Å². The fourth-order valence-corrected chi connectivity index (χ4v) is 4.65. The number of benzene rings is 1. The van der Waals surface area contributed by atoms with Crippen LogP contribution >= 0.6 is 22.9 Å². The zero-order valence-electron chi connectivity index (χ0n) is 16.8. The molecule has 7 heteroatoms. The van der Waals surface area contributed by atoms with Crippen LogP contribution in [-0.4, -0.2) is 28.3 Å². The van der Waals surface area contributed by atoms with Gasteiger partial charge in [0.05, 0.1) is 24.8 Å². The summed E-state index contributed by atoms with van der Waals surface area (Å²) in [6.45, 7) is 6.82. The van der Waals surface area contributed by atoms with Crippen LogP contribution < -0.4 is 9.54 Å². The van der Waals surface area contributed by atoms with Gasteiger partial charge < -0.3 is 14.4 Å². The van der Waals surface area contributed by atoms with E-state index in [0.717, 1.165) is 30.6 Å². The number of aliphatic hydroxyl groups is 1. The van der Waals surface area contributed by atoms with Gasteiger partial charge in [-0.15, -0.1) is 11.3 Å². The number of hydrogen-bond donors (Lipinski definition) is 1. The third kappa shape index (κ3) is 4.67. The van der Waals surface area contributed by atoms with E-state index in [1.165, 1.54) is 18.4 Å². The Morgan fingerprint density at radius 2 is 2.04 bits per heavy atom. The zero-order valence-corrected chi connectivity index (χ0v) is 18.4. The number of aromatic nitrogens is 1. The van der Waals surface area contributed by atoms with Gasteiger partial charge in [-0.05, 0) is 36.5 Å². The smallest absolute Gasteiger partial charge is 0.283 e. The van der Waals surface area contributed by atoms with Gasteiger partial charge in [0.2, 0.25) is 0 Å². The summed E-state index contributed by atoms with van der Waals surface area (Å²) in [5.74, 6) is 0.0283. The molecule has 0 bridgehead atoms. The summed E-state index contributed by atoms with van der Waals surface area (Å²) >= 11 is 7.54. The standard InChI is InChI=1S/C21H27ClN2O3S/c1-20(2,3)17-12-24(13-21(26)9-5-6-10-21)19(28-17)23-18(25)15-11-14(22)7-8-16(15)27-4/h7-8,11-12,26H,5-6,9-10,13H2,1-4H3/b23-19-. The maximum atomic E-state index is 12.9. The van der Waals surface area contributed by atoms with Gasteiger partial charge in [0.15, 0.2) is 4.80 Å². The maximum Gasteiger partial charge on any atom is 0.283 e. The highest BCUT2D eigenvalue weighted by molar-refractivity contribution is 7.09. The molecule has 5 nitrogen and oxygen atoms in total. The van der Waals surface area contributed by atoms with Crippen LogP contribution in [0, 0.1) is 0 Å². The third-order valence-corrected chi connectivity index (χ3v) is 6.73. The lowest BCUT2D eigenvalue weighted by Crippen LogP contribution is -2.34. The number of amides is 1. The molecule has 0 atom stereocenters. The summed E-state index contributed by atoms with van der Waals surface area (Å²) in [6, 6.07) is 4.91. The van der Waals surface area contributed by atoms with Gasteiger partial charge in [-0.25, -0.2) is 0 Å². The Morgan fingerprint density at radius 3 is 2.64 bits per heavy atom. The molecule has 1 N–H and O–H groups in total. The topological polar surface area (TPSA) is 63.8 Å². The molecule has 1 aliphatic rings. The average Bonchev–Trinajstić information content (AvgIpc) is 3.21. The minimum Gasteiger partial charge on any atom is -0.496 e. The van der Waals surface area contributed by atoms with Crippen molar-refractivity contribution in [2.24, 2.45) is 4.99 Å². The van der Waals surface area contributed by atoms with E-state index in [2.05, 4.69) is 25.8 Å². The Morgan fingerprint density at radius 1 is 1.36 bits per heavy atom. The SMILES string of the molecule is COc1ccc(Cl)cc1C(=O)/N=c1\sc(C(C)(C)C)cn1CC1(O)CCCC1. The molecule has 0 aliphatic heterocycles. The second kappa shape index (κ2) is 8.01. The lowest BCUT2D eigenvalue weighted by molar-refractivity contribution is 0.0290. The van der Waals surface area contributed by atoms with Crippen LogP contribution in [0.2, 0.25) is 5.02 Å². The van der Waals surface area contributed by atoms with Crippen molar-refractivity contribution in [2.45, 2.75) is 64.0 Å². The van der Waals surface area contributed by atoms with Crippen LogP contribution in [0.3, 0.4) is 0 Å². The van der Waals surface area contributed by atoms with Crippen LogP contribution in [0.4, 0.5) is 0 Å². The van der Waals surface area contributed by atoms with Crippen molar-refractivity contribution >= 4 is 28.8 Å². The van der Waals surface area contributed by atoms with Crippen LogP contribution in [-0.2, 0) is 12.0 Å². The number of hydrogen-bond acceptors (Lipinski definition) is 4. The van der Waals surface area contributed by atoms with Crippen molar-refractivity contribution in [2.75, 3.05) is 7.11 Å². The molecule has 0 unspecified atom stereocenters. The number of methoxy groups -OCH3 is 1. The summed E-state index contributed by atoms with van der Waals surface area (Å²) in [4.78, 5) is 19.0. The third-order valence-electron chi connectivity index (χ3n) is 5.05. The van der Waals surface area contributed by atoms with E-state index in [0.29, 0.717) is 27.7 Å². The fraction of sp³-hybridized carbons (Fsp3) is 0.524. The lowest BCUT2D eigenvalue weighted by atomic mass is 9.95. The Balaban J connectivity index is 2.05. The molecule has 1 aromatic heterocycles. The van der Waals surface area contributed by atoms with Gasteiger partial charge >= 0.3 is 0 Å². The second-order valence-electron chi connectivity index (χ2n) is 8.45. The molecule has 0 saturated heterocycles. The molecule has 3 rings (SSSR count). The largest absolute Gasteiger partial charge is 0.496 e. The number of rotatable bonds is 4. The van der Waals surface area contributed by atoms with Gasteiger partial charge in [-0.1, -0.05) is 45.2 Å². The Bertz CT molecular complexity index is 934. The molecule has 1 aromatic carbocycles. The highest BCUT2D eigenvalue weighted by atomic mass is 35.5. The summed E-state index contributed by atoms with van der Waals surface area (Å²) in [5, 5.41) is 11.3. The fourth-order valence-electron chi connectivity index (χ4n) is 3.43. The van der Waals surface area contributed by atoms with Crippen molar-refractivity contribution in [1.82, 2.24) is 4.57 Å². The molecule has 1 amide bonds. The predicted molar refractivity (Wildman–Crippen MR) is 112 cm³/mol. The van der Waals surface area contributed by atoms with Crippen LogP contribution in [0.1, 0.15) is 61.7 Å². The molecular weight excluding hydrogens is 396 g/mol. The number of nitrogens with zero attached hydrogens (tertiary/aromatic N) is 2. The molecule has 1 saturated carbocycles. The predicted octanol–water partition coefficient (Wildman–Crippen LogP) is 4.56. The molecule has 1 aliphatic carbocycles. The molecule has 28 heavy (non-hydrogen) atoms. The van der Waals surface area contributed by atoms with Crippen molar-refractivity contribution < 1.29 is 14.6 Å². The second-order valence-corrected chi connectivity index (χ2v) is 9.89. The lowest BCUT2D eigenvalue weighted by Gasteiger charge is -2.22. The Hall–Kier alpha value is -1.63. The first-order chi connectivity index (χ1) is 13.1. The van der Waals surface area contributed by atoms with Gasteiger partial charge in [0.25, 0.3) is 5.91 Å². The van der Waals surface area contributed by atoms with Gasteiger partial charge in [-0.3, -0.25) is 4.79 Å². The first-order valence-electron chi connectivity index (χ1n) is 9.47. The van der Waals surface area contributed by atoms with E-state index < -0.39 is 11.5 Å². The quantitative estimate of drug-likeness (QED) is 0.785. The number of halogens is 1. The van der Waals surface area contributed by atoms with E-state index >= 15 is 0 Å². The minimum absolute atomic E-state index is 0.0741. The first kappa shape index (κ1) is 21.1. The van der Waals surface area contributed by atoms with Crippen molar-refractivity contribution in [3.63, 3.8) is 0 Å². The number of ether oxygens (including phenoxy) is 1. The Labute approximate surface area is 174 Å². The molecule has 0 spiro atoms. The van der Waals surface area contributed by atoms with Crippen molar-refractivity contribution in [3.8, 4) is 5.75 Å². The van der Waals surface area contributed by atoms with E-state index in [1.54, 1.807) is 18.2 Å². The van der Waals surface area contributed by atoms with E-state index in [1.807, 2.05) is 10.8 Å². The van der Waals surface area contributed by atoms with E-state index in [4.69, 9.17) is 16.3 Å². The summed E-state index contributed by atoms with van der Waals surface area (Å²) in [6.07, 6.45) is 5.62. The molecule has 1 heterocycles. The van der Waals surface area contributed by atoms with Gasteiger partial charge in [0.1, 0.15) is 5.75 Å². The number of carbonyl (C=O) groups is 1. The zero-order chi connectivity index (χ0) is 20.5. The molecule has 0 radical (unpaired) electrons.